The SMILES string of the molecule is COC(=O)CN1CCC(C)CC1C. The molecule has 2 unspecified atom stereocenters. The van der Waals surface area contributed by atoms with E-state index in [4.69, 9.17) is 0 Å². The topological polar surface area (TPSA) is 29.5 Å². The lowest BCUT2D eigenvalue weighted by atomic mass is 9.93. The molecule has 0 amide bonds. The van der Waals surface area contributed by atoms with Gasteiger partial charge in [0.15, 0.2) is 0 Å². The average molecular weight is 185 g/mol. The maximum Gasteiger partial charge on any atom is 0.319 e. The number of piperidine rings is 1. The number of rotatable bonds is 2. The lowest BCUT2D eigenvalue weighted by molar-refractivity contribution is -0.143. The fourth-order valence-corrected chi connectivity index (χ4v) is 1.92. The van der Waals surface area contributed by atoms with E-state index >= 15 is 0 Å². The van der Waals surface area contributed by atoms with E-state index in [1.807, 2.05) is 0 Å². The molecule has 3 heteroatoms. The summed E-state index contributed by atoms with van der Waals surface area (Å²) in [6.07, 6.45) is 2.39. The van der Waals surface area contributed by atoms with Gasteiger partial charge < -0.3 is 4.74 Å². The Morgan fingerprint density at radius 2 is 2.23 bits per heavy atom. The van der Waals surface area contributed by atoms with Crippen LogP contribution in [0.2, 0.25) is 0 Å². The molecule has 76 valence electrons. The molecule has 13 heavy (non-hydrogen) atoms. The molecule has 1 fully saturated rings. The third kappa shape index (κ3) is 2.99. The number of ether oxygens (including phenoxy) is 1. The number of esters is 1. The van der Waals surface area contributed by atoms with Crippen molar-refractivity contribution in [2.45, 2.75) is 32.7 Å². The zero-order valence-electron chi connectivity index (χ0n) is 8.75. The number of likely N-dealkylation sites (tertiary alicyclic amines) is 1. The molecule has 1 aliphatic heterocycles. The number of hydrogen-bond donors (Lipinski definition) is 0. The van der Waals surface area contributed by atoms with Crippen LogP contribution >= 0.6 is 0 Å². The third-order valence-electron chi connectivity index (χ3n) is 2.84. The molecule has 0 saturated carbocycles. The summed E-state index contributed by atoms with van der Waals surface area (Å²) in [6, 6.07) is 0.517. The number of carbonyl (C=O) groups excluding carboxylic acids is 1. The van der Waals surface area contributed by atoms with Gasteiger partial charge >= 0.3 is 5.97 Å². The molecule has 0 bridgehead atoms. The molecule has 1 aliphatic rings. The highest BCUT2D eigenvalue weighted by atomic mass is 16.5. The van der Waals surface area contributed by atoms with Crippen LogP contribution < -0.4 is 0 Å². The summed E-state index contributed by atoms with van der Waals surface area (Å²) < 4.78 is 4.65. The van der Waals surface area contributed by atoms with E-state index in [1.54, 1.807) is 0 Å². The fraction of sp³-hybridized carbons (Fsp3) is 0.900. The summed E-state index contributed by atoms with van der Waals surface area (Å²) in [5.41, 5.74) is 0. The number of nitrogens with zero attached hydrogens (tertiary/aromatic N) is 1. The van der Waals surface area contributed by atoms with Crippen molar-refractivity contribution in [3.05, 3.63) is 0 Å². The average Bonchev–Trinajstić information content (AvgIpc) is 2.09. The summed E-state index contributed by atoms with van der Waals surface area (Å²) in [4.78, 5) is 13.2. The first-order chi connectivity index (χ1) is 6.13. The maximum atomic E-state index is 11.0. The molecule has 0 spiro atoms. The summed E-state index contributed by atoms with van der Waals surface area (Å²) in [5, 5.41) is 0. The molecule has 1 saturated heterocycles. The Balaban J connectivity index is 2.38. The number of carbonyl (C=O) groups is 1. The zero-order chi connectivity index (χ0) is 9.84. The van der Waals surface area contributed by atoms with Crippen LogP contribution in [0.5, 0.6) is 0 Å². The highest BCUT2D eigenvalue weighted by Crippen LogP contribution is 2.21. The lowest BCUT2D eigenvalue weighted by Gasteiger charge is -2.35. The van der Waals surface area contributed by atoms with Gasteiger partial charge in [-0.25, -0.2) is 0 Å². The first-order valence-corrected chi connectivity index (χ1v) is 4.94. The first kappa shape index (κ1) is 10.5. The Morgan fingerprint density at radius 1 is 1.54 bits per heavy atom. The molecule has 0 aromatic heterocycles. The molecule has 0 aromatic carbocycles. The van der Waals surface area contributed by atoms with Crippen LogP contribution in [0.3, 0.4) is 0 Å². The van der Waals surface area contributed by atoms with Gasteiger partial charge in [0, 0.05) is 6.04 Å². The molecular formula is C10H19NO2. The minimum Gasteiger partial charge on any atom is -0.468 e. The second-order valence-electron chi connectivity index (χ2n) is 4.03. The lowest BCUT2D eigenvalue weighted by Crippen LogP contribution is -2.43. The van der Waals surface area contributed by atoms with Gasteiger partial charge in [-0.15, -0.1) is 0 Å². The Hall–Kier alpha value is -0.570. The molecule has 1 rings (SSSR count). The van der Waals surface area contributed by atoms with Gasteiger partial charge in [-0.3, -0.25) is 9.69 Å². The van der Waals surface area contributed by atoms with E-state index in [1.165, 1.54) is 20.0 Å². The van der Waals surface area contributed by atoms with Crippen LogP contribution in [0.25, 0.3) is 0 Å². The van der Waals surface area contributed by atoms with Crippen LogP contribution in [-0.4, -0.2) is 37.1 Å². The fourth-order valence-electron chi connectivity index (χ4n) is 1.92. The second kappa shape index (κ2) is 4.61. The highest BCUT2D eigenvalue weighted by molar-refractivity contribution is 5.71. The molecule has 1 heterocycles. The van der Waals surface area contributed by atoms with Crippen LogP contribution in [0.1, 0.15) is 26.7 Å². The smallest absolute Gasteiger partial charge is 0.319 e. The van der Waals surface area contributed by atoms with Gasteiger partial charge in [0.1, 0.15) is 0 Å². The van der Waals surface area contributed by atoms with Gasteiger partial charge in [0.05, 0.1) is 13.7 Å². The van der Waals surface area contributed by atoms with E-state index in [9.17, 15) is 4.79 Å². The van der Waals surface area contributed by atoms with E-state index < -0.39 is 0 Å². The van der Waals surface area contributed by atoms with E-state index in [-0.39, 0.29) is 5.97 Å². The quantitative estimate of drug-likeness (QED) is 0.607. The minimum atomic E-state index is -0.124. The summed E-state index contributed by atoms with van der Waals surface area (Å²) in [6.45, 7) is 5.92. The molecule has 0 N–H and O–H groups in total. The first-order valence-electron chi connectivity index (χ1n) is 4.94. The van der Waals surface area contributed by atoms with Crippen molar-refractivity contribution in [3.8, 4) is 0 Å². The Kier molecular flexibility index (Phi) is 3.72. The van der Waals surface area contributed by atoms with E-state index in [0.717, 1.165) is 12.5 Å². The normalized spacial score (nSPS) is 30.1. The molecular weight excluding hydrogens is 166 g/mol. The van der Waals surface area contributed by atoms with Crippen molar-refractivity contribution in [2.24, 2.45) is 5.92 Å². The molecule has 2 atom stereocenters. The zero-order valence-corrected chi connectivity index (χ0v) is 8.75. The summed E-state index contributed by atoms with van der Waals surface area (Å²) >= 11 is 0. The Bertz CT molecular complexity index is 182. The summed E-state index contributed by atoms with van der Waals surface area (Å²) in [7, 11) is 1.44. The predicted octanol–water partition coefficient (Wildman–Crippen LogP) is 1.28. The monoisotopic (exact) mass is 185 g/mol. The van der Waals surface area contributed by atoms with Crippen LogP contribution in [0.15, 0.2) is 0 Å². The molecule has 0 aromatic rings. The third-order valence-corrected chi connectivity index (χ3v) is 2.84. The van der Waals surface area contributed by atoms with Gasteiger partial charge in [0.25, 0.3) is 0 Å². The van der Waals surface area contributed by atoms with Gasteiger partial charge in [0.2, 0.25) is 0 Å². The van der Waals surface area contributed by atoms with Gasteiger partial charge in [-0.05, 0) is 32.2 Å². The number of hydrogen-bond acceptors (Lipinski definition) is 3. The van der Waals surface area contributed by atoms with Crippen molar-refractivity contribution in [2.75, 3.05) is 20.2 Å². The number of methoxy groups -OCH3 is 1. The van der Waals surface area contributed by atoms with Crippen molar-refractivity contribution >= 4 is 5.97 Å². The van der Waals surface area contributed by atoms with E-state index in [2.05, 4.69) is 23.5 Å². The highest BCUT2D eigenvalue weighted by Gasteiger charge is 2.24. The molecule has 0 aliphatic carbocycles. The maximum absolute atomic E-state index is 11.0. The molecule has 3 nitrogen and oxygen atoms in total. The minimum absolute atomic E-state index is 0.124. The Morgan fingerprint density at radius 3 is 2.77 bits per heavy atom. The van der Waals surface area contributed by atoms with E-state index in [0.29, 0.717) is 12.6 Å². The van der Waals surface area contributed by atoms with Crippen LogP contribution in [0, 0.1) is 5.92 Å². The van der Waals surface area contributed by atoms with Crippen molar-refractivity contribution in [1.29, 1.82) is 0 Å². The van der Waals surface area contributed by atoms with Crippen LogP contribution in [-0.2, 0) is 9.53 Å². The van der Waals surface area contributed by atoms with Gasteiger partial charge in [-0.1, -0.05) is 6.92 Å². The van der Waals surface area contributed by atoms with Gasteiger partial charge in [-0.2, -0.15) is 0 Å². The van der Waals surface area contributed by atoms with Crippen molar-refractivity contribution < 1.29 is 9.53 Å². The second-order valence-corrected chi connectivity index (χ2v) is 4.03. The van der Waals surface area contributed by atoms with Crippen molar-refractivity contribution in [3.63, 3.8) is 0 Å². The predicted molar refractivity (Wildman–Crippen MR) is 51.4 cm³/mol. The summed E-state index contributed by atoms with van der Waals surface area (Å²) in [5.74, 6) is 0.672. The molecule has 0 radical (unpaired) electrons. The Labute approximate surface area is 80.1 Å². The largest absolute Gasteiger partial charge is 0.468 e. The van der Waals surface area contributed by atoms with Crippen molar-refractivity contribution in [1.82, 2.24) is 4.90 Å². The standard InChI is InChI=1S/C10H19NO2/c1-8-4-5-11(9(2)6-8)7-10(12)13-3/h8-9H,4-7H2,1-3H3. The van der Waals surface area contributed by atoms with Crippen LogP contribution in [0.4, 0.5) is 0 Å².